The molecule has 0 aromatic heterocycles. The first-order valence-corrected chi connectivity index (χ1v) is 8.08. The van der Waals surface area contributed by atoms with E-state index in [1.54, 1.807) is 24.3 Å². The molecule has 0 spiro atoms. The van der Waals surface area contributed by atoms with Gasteiger partial charge >= 0.3 is 0 Å². The number of hydrogen-bond donors (Lipinski definition) is 1. The Kier molecular flexibility index (Phi) is 4.92. The molecule has 3 aromatic carbocycles. The number of carbonyl (C=O) groups is 2. The highest BCUT2D eigenvalue weighted by molar-refractivity contribution is 6.30. The van der Waals surface area contributed by atoms with E-state index >= 15 is 0 Å². The fourth-order valence-electron chi connectivity index (χ4n) is 2.55. The smallest absolute Gasteiger partial charge is 0.224 e. The highest BCUT2D eigenvalue weighted by Gasteiger charge is 2.10. The van der Waals surface area contributed by atoms with Gasteiger partial charge in [-0.15, -0.1) is 0 Å². The lowest BCUT2D eigenvalue weighted by atomic mass is 10.1. The van der Waals surface area contributed by atoms with Crippen molar-refractivity contribution in [3.8, 4) is 0 Å². The predicted molar refractivity (Wildman–Crippen MR) is 97.6 cm³/mol. The molecule has 0 fully saturated rings. The second-order valence-corrected chi connectivity index (χ2v) is 5.94. The Morgan fingerprint density at radius 1 is 0.833 bits per heavy atom. The number of ketones is 1. The van der Waals surface area contributed by atoms with Gasteiger partial charge < -0.3 is 5.32 Å². The average molecular weight is 338 g/mol. The summed E-state index contributed by atoms with van der Waals surface area (Å²) in [5.41, 5.74) is 1.33. The topological polar surface area (TPSA) is 46.2 Å². The number of anilines is 1. The molecule has 24 heavy (non-hydrogen) atoms. The number of halogens is 1. The molecule has 0 bridgehead atoms. The molecule has 0 unspecified atom stereocenters. The van der Waals surface area contributed by atoms with Crippen LogP contribution in [0.3, 0.4) is 0 Å². The normalized spacial score (nSPS) is 10.5. The van der Waals surface area contributed by atoms with Crippen LogP contribution in [0, 0.1) is 0 Å². The number of Topliss-reactive ketones (excluding diaryl/α,β-unsaturated/α-hetero) is 1. The summed E-state index contributed by atoms with van der Waals surface area (Å²) in [6, 6.07) is 20.3. The van der Waals surface area contributed by atoms with E-state index in [1.165, 1.54) is 0 Å². The quantitative estimate of drug-likeness (QED) is 0.659. The Bertz CT molecular complexity index is 882. The van der Waals surface area contributed by atoms with Crippen LogP contribution in [0.4, 0.5) is 5.69 Å². The number of rotatable bonds is 5. The summed E-state index contributed by atoms with van der Waals surface area (Å²) in [7, 11) is 0. The van der Waals surface area contributed by atoms with Crippen LogP contribution in [0.2, 0.25) is 5.02 Å². The van der Waals surface area contributed by atoms with Gasteiger partial charge in [0.25, 0.3) is 0 Å². The van der Waals surface area contributed by atoms with Crippen LogP contribution in [0.5, 0.6) is 0 Å². The van der Waals surface area contributed by atoms with Crippen LogP contribution in [0.1, 0.15) is 23.2 Å². The number of fused-ring (bicyclic) bond motifs is 1. The first-order chi connectivity index (χ1) is 11.6. The van der Waals surface area contributed by atoms with Gasteiger partial charge in [0, 0.05) is 34.5 Å². The van der Waals surface area contributed by atoms with Gasteiger partial charge in [0.15, 0.2) is 5.78 Å². The summed E-state index contributed by atoms with van der Waals surface area (Å²) in [5, 5.41) is 5.52. The van der Waals surface area contributed by atoms with E-state index < -0.39 is 0 Å². The van der Waals surface area contributed by atoms with Crippen molar-refractivity contribution in [1.29, 1.82) is 0 Å². The first-order valence-electron chi connectivity index (χ1n) is 7.70. The molecule has 0 radical (unpaired) electrons. The molecule has 0 saturated carbocycles. The van der Waals surface area contributed by atoms with Crippen LogP contribution in [0.25, 0.3) is 10.8 Å². The van der Waals surface area contributed by atoms with E-state index in [0.29, 0.717) is 10.6 Å². The Morgan fingerprint density at radius 2 is 1.54 bits per heavy atom. The second kappa shape index (κ2) is 7.28. The third-order valence-electron chi connectivity index (χ3n) is 3.81. The fraction of sp³-hybridized carbons (Fsp3) is 0.100. The van der Waals surface area contributed by atoms with Crippen molar-refractivity contribution in [2.45, 2.75) is 12.8 Å². The van der Waals surface area contributed by atoms with Gasteiger partial charge in [-0.25, -0.2) is 0 Å². The van der Waals surface area contributed by atoms with Gasteiger partial charge in [-0.1, -0.05) is 48.0 Å². The van der Waals surface area contributed by atoms with E-state index in [-0.39, 0.29) is 24.5 Å². The van der Waals surface area contributed by atoms with E-state index in [4.69, 9.17) is 11.6 Å². The number of amides is 1. The highest BCUT2D eigenvalue weighted by atomic mass is 35.5. The van der Waals surface area contributed by atoms with Crippen LogP contribution >= 0.6 is 11.6 Å². The molecule has 0 aliphatic carbocycles. The number of hydrogen-bond acceptors (Lipinski definition) is 2. The van der Waals surface area contributed by atoms with Gasteiger partial charge in [-0.05, 0) is 35.7 Å². The van der Waals surface area contributed by atoms with Crippen molar-refractivity contribution >= 4 is 39.8 Å². The molecule has 3 nitrogen and oxygen atoms in total. The van der Waals surface area contributed by atoms with Crippen molar-refractivity contribution < 1.29 is 9.59 Å². The Labute approximate surface area is 145 Å². The zero-order valence-electron chi connectivity index (χ0n) is 13.0. The van der Waals surface area contributed by atoms with Crippen LogP contribution in [0.15, 0.2) is 66.7 Å². The Hall–Kier alpha value is -2.65. The van der Waals surface area contributed by atoms with Gasteiger partial charge in [0.1, 0.15) is 0 Å². The molecule has 3 aromatic rings. The third-order valence-corrected chi connectivity index (χ3v) is 4.06. The van der Waals surface area contributed by atoms with E-state index in [9.17, 15) is 9.59 Å². The van der Waals surface area contributed by atoms with Gasteiger partial charge in [0.2, 0.25) is 5.91 Å². The number of benzene rings is 3. The summed E-state index contributed by atoms with van der Waals surface area (Å²) < 4.78 is 0. The van der Waals surface area contributed by atoms with Crippen LogP contribution in [-0.2, 0) is 4.79 Å². The molecule has 0 heterocycles. The maximum absolute atomic E-state index is 12.2. The molecule has 0 atom stereocenters. The van der Waals surface area contributed by atoms with Crippen molar-refractivity contribution in [1.82, 2.24) is 0 Å². The maximum atomic E-state index is 12.2. The van der Waals surface area contributed by atoms with Crippen LogP contribution < -0.4 is 5.32 Å². The predicted octanol–water partition coefficient (Wildman–Crippen LogP) is 5.09. The minimum Gasteiger partial charge on any atom is -0.326 e. The minimum absolute atomic E-state index is 0.0697. The lowest BCUT2D eigenvalue weighted by Gasteiger charge is -2.08. The lowest BCUT2D eigenvalue weighted by molar-refractivity contribution is -0.116. The van der Waals surface area contributed by atoms with Gasteiger partial charge in [-0.2, -0.15) is 0 Å². The van der Waals surface area contributed by atoms with Crippen molar-refractivity contribution in [3.05, 3.63) is 77.3 Å². The second-order valence-electron chi connectivity index (χ2n) is 5.50. The van der Waals surface area contributed by atoms with Crippen LogP contribution in [-0.4, -0.2) is 11.7 Å². The zero-order valence-corrected chi connectivity index (χ0v) is 13.7. The lowest BCUT2D eigenvalue weighted by Crippen LogP contribution is -2.13. The number of carbonyl (C=O) groups excluding carboxylic acids is 2. The van der Waals surface area contributed by atoms with E-state index in [2.05, 4.69) is 5.32 Å². The molecule has 4 heteroatoms. The highest BCUT2D eigenvalue weighted by Crippen LogP contribution is 2.23. The molecule has 0 aliphatic rings. The van der Waals surface area contributed by atoms with E-state index in [0.717, 1.165) is 16.5 Å². The monoisotopic (exact) mass is 337 g/mol. The summed E-state index contributed by atoms with van der Waals surface area (Å²) in [4.78, 5) is 24.3. The average Bonchev–Trinajstić information content (AvgIpc) is 2.61. The van der Waals surface area contributed by atoms with E-state index in [1.807, 2.05) is 42.5 Å². The van der Waals surface area contributed by atoms with Crippen molar-refractivity contribution in [2.75, 3.05) is 5.32 Å². The molecule has 0 saturated heterocycles. The van der Waals surface area contributed by atoms with Crippen molar-refractivity contribution in [2.24, 2.45) is 0 Å². The molecular weight excluding hydrogens is 322 g/mol. The number of nitrogens with one attached hydrogen (secondary N) is 1. The summed E-state index contributed by atoms with van der Waals surface area (Å²) in [5.74, 6) is -0.242. The largest absolute Gasteiger partial charge is 0.326 e. The summed E-state index contributed by atoms with van der Waals surface area (Å²) in [6.07, 6.45) is 0.308. The Morgan fingerprint density at radius 3 is 2.33 bits per heavy atom. The summed E-state index contributed by atoms with van der Waals surface area (Å²) in [6.45, 7) is 0. The van der Waals surface area contributed by atoms with Crippen molar-refractivity contribution in [3.63, 3.8) is 0 Å². The first kappa shape index (κ1) is 16.2. The standard InChI is InChI=1S/C20H16ClNO2/c21-16-10-8-15(9-11-16)19(23)12-13-20(24)22-18-7-3-5-14-4-1-2-6-17(14)18/h1-11H,12-13H2,(H,22,24). The van der Waals surface area contributed by atoms with Gasteiger partial charge in [-0.3, -0.25) is 9.59 Å². The van der Waals surface area contributed by atoms with Gasteiger partial charge in [0.05, 0.1) is 0 Å². The minimum atomic E-state index is -0.173. The maximum Gasteiger partial charge on any atom is 0.224 e. The molecular formula is C20H16ClNO2. The molecule has 1 amide bonds. The summed E-state index contributed by atoms with van der Waals surface area (Å²) >= 11 is 5.81. The SMILES string of the molecule is O=C(CCC(=O)c1ccc(Cl)cc1)Nc1cccc2ccccc12. The molecule has 1 N–H and O–H groups in total. The zero-order chi connectivity index (χ0) is 16.9. The Balaban J connectivity index is 1.63. The third kappa shape index (κ3) is 3.81. The molecule has 120 valence electrons. The molecule has 0 aliphatic heterocycles. The fourth-order valence-corrected chi connectivity index (χ4v) is 2.68. The molecule has 3 rings (SSSR count).